The van der Waals surface area contributed by atoms with E-state index in [0.717, 1.165) is 0 Å². The van der Waals surface area contributed by atoms with E-state index in [1.54, 1.807) is 50.6 Å². The Hall–Kier alpha value is -2.61. The van der Waals surface area contributed by atoms with Crippen molar-refractivity contribution in [2.75, 3.05) is 6.61 Å². The number of aromatic nitrogens is 3. The maximum absolute atomic E-state index is 11.8. The second kappa shape index (κ2) is 7.31. The van der Waals surface area contributed by atoms with Crippen LogP contribution in [0.4, 0.5) is 0 Å². The van der Waals surface area contributed by atoms with Gasteiger partial charge in [0.05, 0.1) is 19.1 Å². The summed E-state index contributed by atoms with van der Waals surface area (Å²) in [6.07, 6.45) is 3.10. The first-order chi connectivity index (χ1) is 11.7. The minimum atomic E-state index is -0.439. The number of furan rings is 2. The molecule has 0 aromatic carbocycles. The van der Waals surface area contributed by atoms with E-state index in [0.29, 0.717) is 34.7 Å². The van der Waals surface area contributed by atoms with E-state index in [1.165, 1.54) is 11.8 Å². The van der Waals surface area contributed by atoms with Crippen molar-refractivity contribution in [1.29, 1.82) is 0 Å². The summed E-state index contributed by atoms with van der Waals surface area (Å²) >= 11 is 1.18. The number of nitrogens with zero attached hydrogens (tertiary/aromatic N) is 3. The lowest BCUT2D eigenvalue weighted by Crippen LogP contribution is -2.17. The van der Waals surface area contributed by atoms with Crippen molar-refractivity contribution in [1.82, 2.24) is 15.2 Å². The van der Waals surface area contributed by atoms with Gasteiger partial charge in [0.1, 0.15) is 10.9 Å². The molecule has 0 saturated carbocycles. The molecular weight excluding hydrogens is 330 g/mol. The zero-order valence-electron chi connectivity index (χ0n) is 13.1. The lowest BCUT2D eigenvalue weighted by Gasteiger charge is -2.10. The summed E-state index contributed by atoms with van der Waals surface area (Å²) in [5.41, 5.74) is 0.978. The Labute approximate surface area is 142 Å². The van der Waals surface area contributed by atoms with Gasteiger partial charge in [0, 0.05) is 0 Å². The maximum atomic E-state index is 11.8. The predicted octanol–water partition coefficient (Wildman–Crippen LogP) is 3.44. The molecule has 0 aliphatic carbocycles. The normalized spacial score (nSPS) is 12.1. The van der Waals surface area contributed by atoms with E-state index in [2.05, 4.69) is 15.2 Å². The third-order valence-electron chi connectivity index (χ3n) is 3.08. The van der Waals surface area contributed by atoms with Gasteiger partial charge >= 0.3 is 5.97 Å². The van der Waals surface area contributed by atoms with Crippen molar-refractivity contribution in [3.05, 3.63) is 36.8 Å². The Morgan fingerprint density at radius 1 is 1.17 bits per heavy atom. The van der Waals surface area contributed by atoms with E-state index in [-0.39, 0.29) is 5.97 Å². The molecule has 0 spiro atoms. The summed E-state index contributed by atoms with van der Waals surface area (Å²) in [7, 11) is 0. The number of rotatable bonds is 6. The fraction of sp³-hybridized carbons (Fsp3) is 0.250. The molecule has 0 aliphatic rings. The van der Waals surface area contributed by atoms with Gasteiger partial charge in [-0.1, -0.05) is 11.8 Å². The van der Waals surface area contributed by atoms with Crippen LogP contribution in [0.15, 0.2) is 50.8 Å². The van der Waals surface area contributed by atoms with Crippen molar-refractivity contribution < 1.29 is 18.4 Å². The molecule has 3 rings (SSSR count). The third kappa shape index (κ3) is 3.48. The molecule has 0 aliphatic heterocycles. The van der Waals surface area contributed by atoms with Crippen LogP contribution >= 0.6 is 11.8 Å². The molecule has 0 fully saturated rings. The predicted molar refractivity (Wildman–Crippen MR) is 87.2 cm³/mol. The molecule has 3 aromatic heterocycles. The summed E-state index contributed by atoms with van der Waals surface area (Å²) in [5, 5.41) is 8.20. The number of thioether (sulfide) groups is 1. The summed E-state index contributed by atoms with van der Waals surface area (Å²) in [4.78, 5) is 16.2. The van der Waals surface area contributed by atoms with E-state index in [9.17, 15) is 4.79 Å². The Morgan fingerprint density at radius 3 is 2.42 bits per heavy atom. The van der Waals surface area contributed by atoms with Gasteiger partial charge in [-0.15, -0.1) is 10.2 Å². The molecule has 7 nitrogen and oxygen atoms in total. The van der Waals surface area contributed by atoms with E-state index in [1.807, 2.05) is 0 Å². The average molecular weight is 345 g/mol. The van der Waals surface area contributed by atoms with Crippen molar-refractivity contribution >= 4 is 17.7 Å². The van der Waals surface area contributed by atoms with Gasteiger partial charge in [-0.2, -0.15) is 0 Å². The first-order valence-corrected chi connectivity index (χ1v) is 8.22. The molecule has 1 atom stereocenters. The molecule has 0 unspecified atom stereocenters. The van der Waals surface area contributed by atoms with Crippen LogP contribution in [0.5, 0.6) is 0 Å². The van der Waals surface area contributed by atoms with Crippen LogP contribution in [0.1, 0.15) is 13.8 Å². The molecule has 24 heavy (non-hydrogen) atoms. The molecule has 8 heteroatoms. The molecule has 0 amide bonds. The highest BCUT2D eigenvalue weighted by Crippen LogP contribution is 2.31. The Bertz CT molecular complexity index is 803. The minimum Gasteiger partial charge on any atom is -0.465 e. The maximum Gasteiger partial charge on any atom is 0.319 e. The standard InChI is InChI=1S/C16H15N3O4S/c1-3-21-15(20)10(2)24-16-17-13(11-6-4-8-22-11)14(18-19-16)12-7-5-9-23-12/h4-10H,3H2,1-2H3/t10-/m1/s1. The van der Waals surface area contributed by atoms with E-state index in [4.69, 9.17) is 13.6 Å². The van der Waals surface area contributed by atoms with Crippen LogP contribution < -0.4 is 0 Å². The summed E-state index contributed by atoms with van der Waals surface area (Å²) in [5.74, 6) is 0.763. The monoisotopic (exact) mass is 345 g/mol. The first kappa shape index (κ1) is 16.3. The summed E-state index contributed by atoms with van der Waals surface area (Å²) in [6.45, 7) is 3.83. The highest BCUT2D eigenvalue weighted by Gasteiger charge is 2.21. The topological polar surface area (TPSA) is 91.2 Å². The van der Waals surface area contributed by atoms with Gasteiger partial charge in [0.25, 0.3) is 0 Å². The van der Waals surface area contributed by atoms with Gasteiger partial charge in [0.2, 0.25) is 5.16 Å². The number of ether oxygens (including phenoxy) is 1. The smallest absolute Gasteiger partial charge is 0.319 e. The molecule has 0 bridgehead atoms. The Morgan fingerprint density at radius 2 is 1.83 bits per heavy atom. The first-order valence-electron chi connectivity index (χ1n) is 7.34. The highest BCUT2D eigenvalue weighted by molar-refractivity contribution is 8.00. The fourth-order valence-corrected chi connectivity index (χ4v) is 2.70. The van der Waals surface area contributed by atoms with E-state index >= 15 is 0 Å². The SMILES string of the molecule is CCOC(=O)[C@@H](C)Sc1nnc(-c2ccco2)c(-c2ccco2)n1. The number of hydrogen-bond donors (Lipinski definition) is 0. The van der Waals surface area contributed by atoms with Crippen LogP contribution in [0, 0.1) is 0 Å². The zero-order valence-corrected chi connectivity index (χ0v) is 13.9. The molecule has 0 saturated heterocycles. The lowest BCUT2D eigenvalue weighted by atomic mass is 10.2. The average Bonchev–Trinajstić information content (AvgIpc) is 3.28. The Balaban J connectivity index is 1.93. The quantitative estimate of drug-likeness (QED) is 0.495. The van der Waals surface area contributed by atoms with Crippen LogP contribution in [0.25, 0.3) is 22.9 Å². The second-order valence-corrected chi connectivity index (χ2v) is 6.07. The number of hydrogen-bond acceptors (Lipinski definition) is 8. The summed E-state index contributed by atoms with van der Waals surface area (Å²) < 4.78 is 15.8. The molecule has 3 heterocycles. The molecule has 0 radical (unpaired) electrons. The number of carbonyl (C=O) groups excluding carboxylic acids is 1. The van der Waals surface area contributed by atoms with Gasteiger partial charge < -0.3 is 13.6 Å². The number of carbonyl (C=O) groups is 1. The molecule has 124 valence electrons. The van der Waals surface area contributed by atoms with Gasteiger partial charge in [-0.05, 0) is 38.1 Å². The molecule has 0 N–H and O–H groups in total. The molecule has 3 aromatic rings. The van der Waals surface area contributed by atoms with Crippen LogP contribution in [-0.2, 0) is 9.53 Å². The van der Waals surface area contributed by atoms with Gasteiger partial charge in [0.15, 0.2) is 17.2 Å². The van der Waals surface area contributed by atoms with Crippen LogP contribution in [0.3, 0.4) is 0 Å². The third-order valence-corrected chi connectivity index (χ3v) is 4.01. The van der Waals surface area contributed by atoms with Crippen LogP contribution in [0.2, 0.25) is 0 Å². The second-order valence-electron chi connectivity index (χ2n) is 4.76. The fourth-order valence-electron chi connectivity index (χ4n) is 1.99. The number of esters is 1. The van der Waals surface area contributed by atoms with Crippen molar-refractivity contribution in [2.45, 2.75) is 24.3 Å². The van der Waals surface area contributed by atoms with Crippen molar-refractivity contribution in [3.8, 4) is 22.9 Å². The van der Waals surface area contributed by atoms with Gasteiger partial charge in [-0.3, -0.25) is 4.79 Å². The highest BCUT2D eigenvalue weighted by atomic mass is 32.2. The lowest BCUT2D eigenvalue weighted by molar-refractivity contribution is -0.142. The van der Waals surface area contributed by atoms with E-state index < -0.39 is 5.25 Å². The minimum absolute atomic E-state index is 0.319. The van der Waals surface area contributed by atoms with Crippen molar-refractivity contribution in [2.24, 2.45) is 0 Å². The largest absolute Gasteiger partial charge is 0.465 e. The summed E-state index contributed by atoms with van der Waals surface area (Å²) in [6, 6.07) is 7.07. The zero-order chi connectivity index (χ0) is 16.9. The van der Waals surface area contributed by atoms with Crippen molar-refractivity contribution in [3.63, 3.8) is 0 Å². The van der Waals surface area contributed by atoms with Gasteiger partial charge in [-0.25, -0.2) is 4.98 Å². The molecular formula is C16H15N3O4S. The van der Waals surface area contributed by atoms with Crippen LogP contribution in [-0.4, -0.2) is 33.0 Å². The Kier molecular flexibility index (Phi) is 4.95.